The van der Waals surface area contributed by atoms with Crippen molar-refractivity contribution in [2.24, 2.45) is 0 Å². The van der Waals surface area contributed by atoms with Gasteiger partial charge in [-0.15, -0.1) is 0 Å². The van der Waals surface area contributed by atoms with Crippen molar-refractivity contribution in [3.8, 4) is 11.1 Å². The number of hydrogen-bond donors (Lipinski definition) is 2. The van der Waals surface area contributed by atoms with Crippen molar-refractivity contribution in [1.29, 1.82) is 0 Å². The average Bonchev–Trinajstić information content (AvgIpc) is 3.33. The summed E-state index contributed by atoms with van der Waals surface area (Å²) in [5.41, 5.74) is 8.87. The first-order valence-electron chi connectivity index (χ1n) is 12.5. The summed E-state index contributed by atoms with van der Waals surface area (Å²) in [7, 11) is 4.07. The van der Waals surface area contributed by atoms with Gasteiger partial charge in [0.25, 0.3) is 5.91 Å². The molecule has 0 spiro atoms. The summed E-state index contributed by atoms with van der Waals surface area (Å²) < 4.78 is 0. The third-order valence-corrected chi connectivity index (χ3v) is 6.49. The molecule has 0 aliphatic carbocycles. The zero-order chi connectivity index (χ0) is 25.8. The van der Waals surface area contributed by atoms with Crippen LogP contribution < -0.4 is 5.32 Å². The smallest absolute Gasteiger partial charge is 0.276 e. The predicted molar refractivity (Wildman–Crippen MR) is 150 cm³/mol. The number of fused-ring (bicyclic) bond motifs is 1. The molecule has 0 saturated heterocycles. The van der Waals surface area contributed by atoms with E-state index in [9.17, 15) is 4.79 Å². The molecule has 6 nitrogen and oxygen atoms in total. The summed E-state index contributed by atoms with van der Waals surface area (Å²) in [4.78, 5) is 19.8. The Morgan fingerprint density at radius 3 is 2.51 bits per heavy atom. The maximum absolute atomic E-state index is 13.3. The van der Waals surface area contributed by atoms with Gasteiger partial charge in [0.2, 0.25) is 0 Å². The fourth-order valence-electron chi connectivity index (χ4n) is 4.68. The van der Waals surface area contributed by atoms with Crippen LogP contribution in [0.4, 0.5) is 5.69 Å². The number of nitrogens with zero attached hydrogens (tertiary/aromatic N) is 3. The Bertz CT molecular complexity index is 1540. The highest BCUT2D eigenvalue weighted by molar-refractivity contribution is 6.11. The summed E-state index contributed by atoms with van der Waals surface area (Å²) in [5.74, 6) is -0.235. The number of benzene rings is 3. The Morgan fingerprint density at radius 1 is 0.892 bits per heavy atom. The van der Waals surface area contributed by atoms with Crippen molar-refractivity contribution in [2.45, 2.75) is 26.3 Å². The monoisotopic (exact) mass is 489 g/mol. The molecule has 6 heteroatoms. The number of aryl methyl sites for hydroxylation is 1. The fraction of sp³-hybridized carbons (Fsp3) is 0.194. The van der Waals surface area contributed by atoms with E-state index in [0.29, 0.717) is 5.69 Å². The van der Waals surface area contributed by atoms with E-state index in [0.717, 1.165) is 52.7 Å². The van der Waals surface area contributed by atoms with Gasteiger partial charge in [0.05, 0.1) is 5.52 Å². The van der Waals surface area contributed by atoms with Crippen molar-refractivity contribution in [2.75, 3.05) is 19.4 Å². The van der Waals surface area contributed by atoms with Crippen molar-refractivity contribution in [3.63, 3.8) is 0 Å². The van der Waals surface area contributed by atoms with Crippen LogP contribution in [0, 0.1) is 0 Å². The topological polar surface area (TPSA) is 73.9 Å². The zero-order valence-corrected chi connectivity index (χ0v) is 21.5. The molecule has 5 aromatic rings. The number of carbonyl (C=O) groups is 1. The van der Waals surface area contributed by atoms with Crippen LogP contribution in [0.1, 0.15) is 39.7 Å². The number of amides is 1. The van der Waals surface area contributed by atoms with E-state index in [1.165, 1.54) is 16.7 Å². The standard InChI is InChI=1S/C31H31N5O/c1-4-23-16-27(12-10-24(23)14-21-8-6-5-7-9-21)33-31(37)30-28-17-25(11-13-29(28)34-35-30)26-15-22(18-32-19-26)20-36(2)3/h5-13,15-19H,4,14,20H2,1-3H3,(H,33,37)(H,34,35). The molecule has 2 aromatic heterocycles. The Balaban J connectivity index is 1.39. The second kappa shape index (κ2) is 10.8. The first kappa shape index (κ1) is 24.4. The number of rotatable bonds is 8. The van der Waals surface area contributed by atoms with E-state index in [1.807, 2.05) is 56.8 Å². The van der Waals surface area contributed by atoms with Crippen LogP contribution in [0.15, 0.2) is 85.2 Å². The van der Waals surface area contributed by atoms with Gasteiger partial charge in [-0.3, -0.25) is 14.9 Å². The SMILES string of the molecule is CCc1cc(NC(=O)c2n[nH]c3ccc(-c4cncc(CN(C)C)c4)cc23)ccc1Cc1ccccc1. The molecule has 0 atom stereocenters. The van der Waals surface area contributed by atoms with Crippen molar-refractivity contribution < 1.29 is 4.79 Å². The molecule has 0 unspecified atom stereocenters. The quantitative estimate of drug-likeness (QED) is 0.277. The molecule has 1 amide bonds. The lowest BCUT2D eigenvalue weighted by molar-refractivity contribution is 0.102. The lowest BCUT2D eigenvalue weighted by Crippen LogP contribution is -2.13. The van der Waals surface area contributed by atoms with E-state index in [4.69, 9.17) is 0 Å². The Labute approximate surface area is 217 Å². The number of pyridine rings is 1. The minimum absolute atomic E-state index is 0.235. The third kappa shape index (κ3) is 5.60. The molecule has 2 heterocycles. The average molecular weight is 490 g/mol. The number of aromatic nitrogens is 3. The van der Waals surface area contributed by atoms with Gasteiger partial charge in [-0.2, -0.15) is 5.10 Å². The highest BCUT2D eigenvalue weighted by atomic mass is 16.1. The van der Waals surface area contributed by atoms with E-state index in [-0.39, 0.29) is 5.91 Å². The van der Waals surface area contributed by atoms with Gasteiger partial charge >= 0.3 is 0 Å². The van der Waals surface area contributed by atoms with Gasteiger partial charge in [-0.1, -0.05) is 49.4 Å². The maximum atomic E-state index is 13.3. The Kier molecular flexibility index (Phi) is 7.10. The van der Waals surface area contributed by atoms with Crippen LogP contribution >= 0.6 is 0 Å². The van der Waals surface area contributed by atoms with Gasteiger partial charge in [-0.05, 0) is 85.1 Å². The summed E-state index contributed by atoms with van der Waals surface area (Å²) in [6.45, 7) is 2.95. The van der Waals surface area contributed by atoms with Crippen LogP contribution in [-0.4, -0.2) is 40.1 Å². The Hall–Kier alpha value is -4.29. The zero-order valence-electron chi connectivity index (χ0n) is 21.5. The van der Waals surface area contributed by atoms with Crippen LogP contribution in [0.5, 0.6) is 0 Å². The molecular formula is C31H31N5O. The number of H-pyrrole nitrogens is 1. The summed E-state index contributed by atoms with van der Waals surface area (Å²) in [5, 5.41) is 11.2. The van der Waals surface area contributed by atoms with Gasteiger partial charge in [-0.25, -0.2) is 0 Å². The molecule has 0 saturated carbocycles. The fourth-order valence-corrected chi connectivity index (χ4v) is 4.68. The molecule has 0 aliphatic heterocycles. The number of aromatic amines is 1. The number of hydrogen-bond acceptors (Lipinski definition) is 4. The maximum Gasteiger partial charge on any atom is 0.276 e. The van der Waals surface area contributed by atoms with E-state index < -0.39 is 0 Å². The minimum atomic E-state index is -0.235. The lowest BCUT2D eigenvalue weighted by Gasteiger charge is -2.12. The van der Waals surface area contributed by atoms with Crippen LogP contribution in [0.2, 0.25) is 0 Å². The minimum Gasteiger partial charge on any atom is -0.321 e. The molecule has 0 aliphatic rings. The van der Waals surface area contributed by atoms with E-state index >= 15 is 0 Å². The highest BCUT2D eigenvalue weighted by Gasteiger charge is 2.16. The summed E-state index contributed by atoms with van der Waals surface area (Å²) in [6, 6.07) is 24.7. The van der Waals surface area contributed by atoms with Gasteiger partial charge in [0.1, 0.15) is 0 Å². The predicted octanol–water partition coefficient (Wildman–Crippen LogP) is 6.09. The van der Waals surface area contributed by atoms with Crippen LogP contribution in [0.25, 0.3) is 22.0 Å². The van der Waals surface area contributed by atoms with Crippen LogP contribution in [0.3, 0.4) is 0 Å². The first-order valence-corrected chi connectivity index (χ1v) is 12.5. The van der Waals surface area contributed by atoms with E-state index in [1.54, 1.807) is 0 Å². The van der Waals surface area contributed by atoms with Gasteiger partial charge in [0, 0.05) is 35.6 Å². The molecule has 0 radical (unpaired) electrons. The van der Waals surface area contributed by atoms with Crippen molar-refractivity contribution in [1.82, 2.24) is 20.1 Å². The lowest BCUT2D eigenvalue weighted by atomic mass is 9.97. The first-order chi connectivity index (χ1) is 18.0. The highest BCUT2D eigenvalue weighted by Crippen LogP contribution is 2.27. The molecule has 3 aromatic carbocycles. The van der Waals surface area contributed by atoms with Gasteiger partial charge in [0.15, 0.2) is 5.69 Å². The Morgan fingerprint density at radius 2 is 1.73 bits per heavy atom. The molecule has 186 valence electrons. The number of nitrogens with one attached hydrogen (secondary N) is 2. The molecule has 0 fully saturated rings. The largest absolute Gasteiger partial charge is 0.321 e. The van der Waals surface area contributed by atoms with Crippen LogP contribution in [-0.2, 0) is 19.4 Å². The third-order valence-electron chi connectivity index (χ3n) is 6.49. The van der Waals surface area contributed by atoms with Crippen molar-refractivity contribution in [3.05, 3.63) is 113 Å². The summed E-state index contributed by atoms with van der Waals surface area (Å²) >= 11 is 0. The second-order valence-electron chi connectivity index (χ2n) is 9.61. The second-order valence-corrected chi connectivity index (χ2v) is 9.61. The molecule has 37 heavy (non-hydrogen) atoms. The molecular weight excluding hydrogens is 458 g/mol. The molecule has 0 bridgehead atoms. The summed E-state index contributed by atoms with van der Waals surface area (Å²) in [6.07, 6.45) is 5.50. The molecule has 2 N–H and O–H groups in total. The van der Waals surface area contributed by atoms with E-state index in [2.05, 4.69) is 74.8 Å². The molecule has 5 rings (SSSR count). The van der Waals surface area contributed by atoms with Crippen molar-refractivity contribution >= 4 is 22.5 Å². The number of anilines is 1. The number of carbonyl (C=O) groups excluding carboxylic acids is 1. The van der Waals surface area contributed by atoms with Gasteiger partial charge < -0.3 is 10.2 Å². The normalized spacial score (nSPS) is 11.2.